The number of hydrogen-bond donors (Lipinski definition) is 0. The van der Waals surface area contributed by atoms with Gasteiger partial charge in [0.2, 0.25) is 0 Å². The predicted molar refractivity (Wildman–Crippen MR) is 112 cm³/mol. The molecule has 1 fully saturated rings. The highest BCUT2D eigenvalue weighted by molar-refractivity contribution is 8.14. The maximum Gasteiger partial charge on any atom is 0.0783 e. The zero-order valence-corrected chi connectivity index (χ0v) is 16.6. The Morgan fingerprint density at radius 1 is 1.24 bits per heavy atom. The first-order valence-corrected chi connectivity index (χ1v) is 10.6. The minimum absolute atomic E-state index is 0.302. The average Bonchev–Trinajstić information content (AvgIpc) is 3.16. The van der Waals surface area contributed by atoms with Crippen molar-refractivity contribution in [2.75, 3.05) is 12.9 Å². The van der Waals surface area contributed by atoms with E-state index < -0.39 is 0 Å². The number of ether oxygens (including phenoxy) is 1. The number of methoxy groups -OCH3 is 1. The van der Waals surface area contributed by atoms with Gasteiger partial charge in [0.15, 0.2) is 0 Å². The summed E-state index contributed by atoms with van der Waals surface area (Å²) in [4.78, 5) is 4.85. The number of nitrogens with zero attached hydrogens (tertiary/aromatic N) is 1. The Morgan fingerprint density at radius 3 is 2.64 bits per heavy atom. The number of thioether (sulfide) groups is 1. The quantitative estimate of drug-likeness (QED) is 0.243. The van der Waals surface area contributed by atoms with Crippen LogP contribution in [0, 0.1) is 11.8 Å². The molecule has 1 aliphatic heterocycles. The van der Waals surface area contributed by atoms with Crippen molar-refractivity contribution in [3.05, 3.63) is 49.1 Å². The molecule has 0 spiro atoms. The molecule has 1 heterocycles. The molecule has 4 atom stereocenters. The molecule has 3 unspecified atom stereocenters. The van der Waals surface area contributed by atoms with Gasteiger partial charge in [0.1, 0.15) is 0 Å². The lowest BCUT2D eigenvalue weighted by Crippen LogP contribution is -2.08. The molecule has 0 bridgehead atoms. The number of aliphatic imine (C=N–C) groups is 1. The molecule has 0 aromatic carbocycles. The summed E-state index contributed by atoms with van der Waals surface area (Å²) >= 11 is 1.97. The Morgan fingerprint density at radius 2 is 1.96 bits per heavy atom. The number of unbranched alkanes of at least 4 members (excludes halogenated alkanes) is 1. The highest BCUT2D eigenvalue weighted by Gasteiger charge is 2.39. The molecule has 0 N–H and O–H groups in total. The number of allylic oxidation sites excluding steroid dienone is 5. The van der Waals surface area contributed by atoms with E-state index in [1.807, 2.05) is 17.8 Å². The molecule has 25 heavy (non-hydrogen) atoms. The van der Waals surface area contributed by atoms with Crippen LogP contribution in [-0.4, -0.2) is 30.1 Å². The van der Waals surface area contributed by atoms with Gasteiger partial charge in [0, 0.05) is 18.8 Å². The van der Waals surface area contributed by atoms with Crippen molar-refractivity contribution in [2.24, 2.45) is 16.8 Å². The van der Waals surface area contributed by atoms with Gasteiger partial charge < -0.3 is 4.74 Å². The summed E-state index contributed by atoms with van der Waals surface area (Å²) in [6, 6.07) is 0.418. The molecule has 0 aromatic heterocycles. The summed E-state index contributed by atoms with van der Waals surface area (Å²) < 4.78 is 5.39. The molecule has 3 heteroatoms. The third-order valence-corrected chi connectivity index (χ3v) is 5.99. The Labute approximate surface area is 158 Å². The summed E-state index contributed by atoms with van der Waals surface area (Å²) in [6.07, 6.45) is 22.1. The summed E-state index contributed by atoms with van der Waals surface area (Å²) in [7, 11) is 1.77. The fourth-order valence-electron chi connectivity index (χ4n) is 2.97. The zero-order valence-electron chi connectivity index (χ0n) is 15.8. The summed E-state index contributed by atoms with van der Waals surface area (Å²) in [5.74, 6) is 2.80. The van der Waals surface area contributed by atoms with Crippen LogP contribution in [-0.2, 0) is 4.74 Å². The maximum absolute atomic E-state index is 5.39. The minimum Gasteiger partial charge on any atom is -0.381 e. The normalized spacial score (nSPS) is 27.4. The van der Waals surface area contributed by atoms with Crippen LogP contribution in [0.25, 0.3) is 0 Å². The lowest BCUT2D eigenvalue weighted by molar-refractivity contribution is 0.0987. The van der Waals surface area contributed by atoms with Gasteiger partial charge in [-0.2, -0.15) is 0 Å². The van der Waals surface area contributed by atoms with Gasteiger partial charge >= 0.3 is 0 Å². The van der Waals surface area contributed by atoms with E-state index in [2.05, 4.69) is 50.0 Å². The van der Waals surface area contributed by atoms with E-state index in [1.165, 1.54) is 11.5 Å². The van der Waals surface area contributed by atoms with Gasteiger partial charge in [-0.15, -0.1) is 18.3 Å². The lowest BCUT2D eigenvalue weighted by atomic mass is 10.1. The van der Waals surface area contributed by atoms with Crippen molar-refractivity contribution in [1.29, 1.82) is 0 Å². The van der Waals surface area contributed by atoms with Crippen LogP contribution in [0.3, 0.4) is 0 Å². The summed E-state index contributed by atoms with van der Waals surface area (Å²) in [6.45, 7) is 6.09. The highest BCUT2D eigenvalue weighted by Crippen LogP contribution is 2.44. The van der Waals surface area contributed by atoms with Gasteiger partial charge in [0.05, 0.1) is 17.2 Å². The first kappa shape index (κ1) is 20.3. The molecular weight excluding hydrogens is 326 g/mol. The Kier molecular flexibility index (Phi) is 9.35. The molecule has 1 aliphatic carbocycles. The monoisotopic (exact) mass is 359 g/mol. The number of hydrogen-bond acceptors (Lipinski definition) is 3. The van der Waals surface area contributed by atoms with E-state index >= 15 is 0 Å². The van der Waals surface area contributed by atoms with E-state index in [4.69, 9.17) is 9.73 Å². The molecule has 138 valence electrons. The van der Waals surface area contributed by atoms with Crippen molar-refractivity contribution in [3.8, 4) is 0 Å². The van der Waals surface area contributed by atoms with Gasteiger partial charge in [-0.05, 0) is 44.4 Å². The predicted octanol–water partition coefficient (Wildman–Crippen LogP) is 5.98. The zero-order chi connectivity index (χ0) is 17.9. The van der Waals surface area contributed by atoms with Crippen molar-refractivity contribution in [1.82, 2.24) is 0 Å². The van der Waals surface area contributed by atoms with Gasteiger partial charge in [-0.25, -0.2) is 0 Å². The van der Waals surface area contributed by atoms with Crippen LogP contribution < -0.4 is 0 Å². The van der Waals surface area contributed by atoms with Gasteiger partial charge in [-0.1, -0.05) is 49.5 Å². The van der Waals surface area contributed by atoms with E-state index in [9.17, 15) is 0 Å². The van der Waals surface area contributed by atoms with Crippen molar-refractivity contribution in [3.63, 3.8) is 0 Å². The van der Waals surface area contributed by atoms with Crippen LogP contribution in [0.15, 0.2) is 54.1 Å². The fourth-order valence-corrected chi connectivity index (χ4v) is 4.25. The van der Waals surface area contributed by atoms with E-state index in [1.54, 1.807) is 7.11 Å². The van der Waals surface area contributed by atoms with Crippen LogP contribution in [0.2, 0.25) is 0 Å². The second-order valence-corrected chi connectivity index (χ2v) is 8.03. The Hall–Kier alpha value is -1.06. The third-order valence-electron chi connectivity index (χ3n) is 4.78. The molecule has 2 rings (SSSR count). The van der Waals surface area contributed by atoms with Gasteiger partial charge in [-0.3, -0.25) is 4.99 Å². The van der Waals surface area contributed by atoms with Gasteiger partial charge in [0.25, 0.3) is 0 Å². The molecule has 2 aliphatic rings. The van der Waals surface area contributed by atoms with E-state index in [0.717, 1.165) is 49.7 Å². The fraction of sp³-hybridized carbons (Fsp3) is 0.591. The molecule has 1 saturated carbocycles. The van der Waals surface area contributed by atoms with E-state index in [-0.39, 0.29) is 0 Å². The minimum atomic E-state index is 0.302. The van der Waals surface area contributed by atoms with Crippen molar-refractivity contribution < 1.29 is 4.74 Å². The summed E-state index contributed by atoms with van der Waals surface area (Å²) in [5.41, 5.74) is 0. The SMILES string of the molecule is C=CC[C@@H](CC/C=C/C=C/CC/C=C/C1CSC(C2CC2C)=N1)OC. The van der Waals surface area contributed by atoms with Crippen molar-refractivity contribution in [2.45, 2.75) is 57.6 Å². The van der Waals surface area contributed by atoms with Crippen LogP contribution >= 0.6 is 11.8 Å². The molecule has 0 radical (unpaired) electrons. The lowest BCUT2D eigenvalue weighted by Gasteiger charge is -2.10. The summed E-state index contributed by atoms with van der Waals surface area (Å²) in [5, 5.41) is 1.41. The van der Waals surface area contributed by atoms with Crippen molar-refractivity contribution >= 4 is 16.8 Å². The standard InChI is InChI=1S/C22H33NOS/c1-4-13-20(24-3)15-12-10-8-6-5-7-9-11-14-19-17-25-22(23-19)21-16-18(21)2/h4-6,8,10-11,14,18-21H,1,7,9,12-13,15-17H2,2-3H3/b6-5+,10-8+,14-11+/t18?,19?,20-,21?/m0/s1. The largest absolute Gasteiger partial charge is 0.381 e. The first-order valence-electron chi connectivity index (χ1n) is 9.57. The molecule has 0 saturated heterocycles. The molecule has 0 aromatic rings. The topological polar surface area (TPSA) is 21.6 Å². The molecule has 2 nitrogen and oxygen atoms in total. The second kappa shape index (κ2) is 11.5. The van der Waals surface area contributed by atoms with Crippen LogP contribution in [0.4, 0.5) is 0 Å². The van der Waals surface area contributed by atoms with E-state index in [0.29, 0.717) is 12.1 Å². The molecule has 0 amide bonds. The Balaban J connectivity index is 1.52. The smallest absolute Gasteiger partial charge is 0.0783 e. The second-order valence-electron chi connectivity index (χ2n) is 6.99. The maximum atomic E-state index is 5.39. The first-order chi connectivity index (χ1) is 12.2. The Bertz CT molecular complexity index is 520. The molecular formula is C22H33NOS. The van der Waals surface area contributed by atoms with Crippen LogP contribution in [0.5, 0.6) is 0 Å². The number of rotatable bonds is 12. The third kappa shape index (κ3) is 7.79. The van der Waals surface area contributed by atoms with Crippen LogP contribution in [0.1, 0.15) is 45.4 Å². The average molecular weight is 360 g/mol. The highest BCUT2D eigenvalue weighted by atomic mass is 32.2.